The van der Waals surface area contributed by atoms with Gasteiger partial charge in [-0.2, -0.15) is 0 Å². The molecule has 0 amide bonds. The normalized spacial score (nSPS) is 24.8. The van der Waals surface area contributed by atoms with E-state index in [0.29, 0.717) is 30.2 Å². The first-order valence-electron chi connectivity index (χ1n) is 8.46. The smallest absolute Gasteiger partial charge is 0.203 e. The zero-order valence-corrected chi connectivity index (χ0v) is 15.6. The number of rotatable bonds is 7. The number of fused-ring (bicyclic) bond motifs is 1. The third kappa shape index (κ3) is 4.13. The summed E-state index contributed by atoms with van der Waals surface area (Å²) in [5, 5.41) is 32.5. The first kappa shape index (κ1) is 20.2. The molecular weight excluding hydrogens is 388 g/mol. The van der Waals surface area contributed by atoms with Crippen molar-refractivity contribution in [2.45, 2.75) is 24.5 Å². The Hall–Kier alpha value is -2.58. The Labute approximate surface area is 164 Å². The molecule has 2 aromatic heterocycles. The first-order chi connectivity index (χ1) is 13.4. The van der Waals surface area contributed by atoms with Crippen LogP contribution in [0.2, 0.25) is 0 Å². The lowest BCUT2D eigenvalue weighted by Gasteiger charge is -2.17. The number of imidazole rings is 1. The number of aromatic amines is 1. The monoisotopic (exact) mass is 410 g/mol. The highest BCUT2D eigenvalue weighted by Crippen LogP contribution is 2.31. The van der Waals surface area contributed by atoms with Crippen LogP contribution in [0, 0.1) is 4.64 Å². The zero-order chi connectivity index (χ0) is 20.3. The van der Waals surface area contributed by atoms with Crippen LogP contribution in [0.15, 0.2) is 23.5 Å². The average Bonchev–Trinajstić information content (AvgIpc) is 3.20. The molecule has 0 saturated carbocycles. The predicted molar refractivity (Wildman–Crippen MR) is 104 cm³/mol. The van der Waals surface area contributed by atoms with Crippen molar-refractivity contribution in [1.82, 2.24) is 19.5 Å². The van der Waals surface area contributed by atoms with E-state index in [0.717, 1.165) is 0 Å². The number of nitrogens with one attached hydrogen (secondary N) is 2. The number of ether oxygens (including phenoxy) is 1. The fraction of sp³-hybridized carbons (Fsp3) is 0.467. The van der Waals surface area contributed by atoms with E-state index in [1.807, 2.05) is 6.08 Å². The van der Waals surface area contributed by atoms with E-state index < -0.39 is 31.1 Å². The number of aromatic nitrogens is 4. The number of aliphatic hydroxyl groups excluding tert-OH is 3. The second-order valence-corrected chi connectivity index (χ2v) is 6.47. The van der Waals surface area contributed by atoms with Gasteiger partial charge < -0.3 is 41.8 Å². The van der Waals surface area contributed by atoms with E-state index in [9.17, 15) is 15.3 Å². The fourth-order valence-electron chi connectivity index (χ4n) is 2.79. The Bertz CT molecular complexity index is 938. The molecule has 3 rings (SSSR count). The molecule has 0 radical (unpaired) electrons. The van der Waals surface area contributed by atoms with Gasteiger partial charge in [-0.15, -0.1) is 0 Å². The van der Waals surface area contributed by atoms with Crippen molar-refractivity contribution in [3.8, 4) is 0 Å². The number of anilines is 1. The van der Waals surface area contributed by atoms with Crippen molar-refractivity contribution < 1.29 is 20.1 Å². The van der Waals surface area contributed by atoms with Gasteiger partial charge in [-0.05, 0) is 0 Å². The van der Waals surface area contributed by atoms with Crippen molar-refractivity contribution in [2.75, 3.05) is 25.0 Å². The maximum Gasteiger partial charge on any atom is 0.203 e. The Morgan fingerprint density at radius 2 is 2.18 bits per heavy atom. The third-order valence-electron chi connectivity index (χ3n) is 4.17. The molecule has 152 valence electrons. The van der Waals surface area contributed by atoms with Crippen molar-refractivity contribution in [3.63, 3.8) is 0 Å². The molecule has 0 aliphatic carbocycles. The lowest BCUT2D eigenvalue weighted by Crippen LogP contribution is -2.33. The number of aliphatic imine (C=N–C) groups is 1. The van der Waals surface area contributed by atoms with E-state index >= 15 is 0 Å². The van der Waals surface area contributed by atoms with Crippen molar-refractivity contribution in [2.24, 2.45) is 16.5 Å². The standard InChI is InChI=1S/C15H22N8O4S/c16-14(17)18-3-1-2-4-19-15-21-11-8(12(28)22-15)20-6-23(11)13-10(26)9(25)7(5-24)27-13/h1-2,6-7,9-10,13,24-26H,3-5H2,(H4,16,17,18)(H2,19,21,22,28)/b2-1+/t7-,9-,10-,13-/m1/s1. The Morgan fingerprint density at radius 3 is 2.86 bits per heavy atom. The lowest BCUT2D eigenvalue weighted by atomic mass is 10.1. The minimum absolute atomic E-state index is 0.0203. The topological polar surface area (TPSA) is 193 Å². The maximum atomic E-state index is 10.2. The van der Waals surface area contributed by atoms with E-state index in [2.05, 4.69) is 25.3 Å². The second-order valence-electron chi connectivity index (χ2n) is 6.09. The molecule has 1 saturated heterocycles. The molecule has 4 atom stereocenters. The summed E-state index contributed by atoms with van der Waals surface area (Å²) in [6.07, 6.45) is 0.747. The summed E-state index contributed by atoms with van der Waals surface area (Å²) in [5.74, 6) is 0.407. The number of nitrogens with zero attached hydrogens (tertiary/aromatic N) is 4. The number of hydrogen-bond donors (Lipinski definition) is 7. The second kappa shape index (κ2) is 8.62. The zero-order valence-electron chi connectivity index (χ0n) is 14.8. The molecular formula is C15H22N8O4S. The molecule has 0 bridgehead atoms. The molecule has 3 heterocycles. The lowest BCUT2D eigenvalue weighted by molar-refractivity contribution is -0.0511. The summed E-state index contributed by atoms with van der Waals surface area (Å²) < 4.78 is 7.31. The molecule has 2 aromatic rings. The SMILES string of the molecule is NC(N)=NC/C=C/CNc1nc(=S)c2ncn([C@@H]3O[C@H](CO)[C@@H](O)[C@H]3O)c2[nH]1. The minimum atomic E-state index is -1.24. The minimum Gasteiger partial charge on any atom is -0.394 e. The van der Waals surface area contributed by atoms with Gasteiger partial charge in [0, 0.05) is 6.54 Å². The van der Waals surface area contributed by atoms with Crippen LogP contribution in [0.5, 0.6) is 0 Å². The summed E-state index contributed by atoms with van der Waals surface area (Å²) >= 11 is 5.27. The molecule has 0 unspecified atom stereocenters. The molecule has 13 heteroatoms. The van der Waals surface area contributed by atoms with Crippen molar-refractivity contribution in [1.29, 1.82) is 0 Å². The van der Waals surface area contributed by atoms with Crippen LogP contribution in [0.4, 0.5) is 5.95 Å². The Balaban J connectivity index is 1.79. The van der Waals surface area contributed by atoms with Gasteiger partial charge in [0.1, 0.15) is 29.5 Å². The van der Waals surface area contributed by atoms with Crippen LogP contribution in [-0.2, 0) is 4.74 Å². The number of nitrogens with two attached hydrogens (primary N) is 2. The summed E-state index contributed by atoms with van der Waals surface area (Å²) in [6.45, 7) is 0.383. The van der Waals surface area contributed by atoms with Gasteiger partial charge in [-0.1, -0.05) is 24.4 Å². The van der Waals surface area contributed by atoms with Gasteiger partial charge in [-0.3, -0.25) is 4.57 Å². The highest BCUT2D eigenvalue weighted by molar-refractivity contribution is 7.71. The number of guanidine groups is 1. The van der Waals surface area contributed by atoms with Gasteiger partial charge in [0.2, 0.25) is 5.95 Å². The van der Waals surface area contributed by atoms with Crippen LogP contribution in [0.3, 0.4) is 0 Å². The van der Waals surface area contributed by atoms with Gasteiger partial charge in [0.05, 0.1) is 19.5 Å². The first-order valence-corrected chi connectivity index (χ1v) is 8.86. The Kier molecular flexibility index (Phi) is 6.21. The summed E-state index contributed by atoms with van der Waals surface area (Å²) in [4.78, 5) is 15.3. The van der Waals surface area contributed by atoms with Crippen LogP contribution in [-0.4, -0.2) is 78.8 Å². The van der Waals surface area contributed by atoms with Crippen LogP contribution in [0.1, 0.15) is 6.23 Å². The fourth-order valence-corrected chi connectivity index (χ4v) is 3.03. The molecule has 1 aliphatic heterocycles. The largest absolute Gasteiger partial charge is 0.394 e. The van der Waals surface area contributed by atoms with Gasteiger partial charge in [0.15, 0.2) is 16.8 Å². The maximum absolute atomic E-state index is 10.2. The number of aliphatic hydroxyl groups is 3. The molecule has 0 spiro atoms. The van der Waals surface area contributed by atoms with Gasteiger partial charge in [-0.25, -0.2) is 15.0 Å². The number of H-pyrrole nitrogens is 1. The summed E-state index contributed by atoms with van der Waals surface area (Å²) in [5.41, 5.74) is 11.4. The number of hydrogen-bond acceptors (Lipinski definition) is 9. The molecule has 9 N–H and O–H groups in total. The quantitative estimate of drug-likeness (QED) is 0.120. The van der Waals surface area contributed by atoms with E-state index in [-0.39, 0.29) is 10.6 Å². The van der Waals surface area contributed by atoms with E-state index in [4.69, 9.17) is 28.4 Å². The molecule has 1 fully saturated rings. The highest BCUT2D eigenvalue weighted by atomic mass is 32.1. The van der Waals surface area contributed by atoms with Gasteiger partial charge >= 0.3 is 0 Å². The van der Waals surface area contributed by atoms with Crippen molar-refractivity contribution in [3.05, 3.63) is 23.1 Å². The Morgan fingerprint density at radius 1 is 1.39 bits per heavy atom. The molecule has 0 aromatic carbocycles. The highest BCUT2D eigenvalue weighted by Gasteiger charge is 2.43. The van der Waals surface area contributed by atoms with Crippen LogP contribution < -0.4 is 16.8 Å². The summed E-state index contributed by atoms with van der Waals surface area (Å²) in [7, 11) is 0. The average molecular weight is 410 g/mol. The third-order valence-corrected chi connectivity index (χ3v) is 4.46. The van der Waals surface area contributed by atoms with Gasteiger partial charge in [0.25, 0.3) is 0 Å². The van der Waals surface area contributed by atoms with E-state index in [1.54, 1.807) is 6.08 Å². The molecule has 28 heavy (non-hydrogen) atoms. The summed E-state index contributed by atoms with van der Waals surface area (Å²) in [6, 6.07) is 0. The van der Waals surface area contributed by atoms with Crippen LogP contribution in [0.25, 0.3) is 11.2 Å². The molecule has 12 nitrogen and oxygen atoms in total. The van der Waals surface area contributed by atoms with E-state index in [1.165, 1.54) is 10.9 Å². The van der Waals surface area contributed by atoms with Crippen LogP contribution >= 0.6 is 12.2 Å². The molecule has 1 aliphatic rings. The van der Waals surface area contributed by atoms with Crippen molar-refractivity contribution >= 4 is 35.3 Å². The predicted octanol–water partition coefficient (Wildman–Crippen LogP) is -1.66.